The molecule has 0 unspecified atom stereocenters. The first kappa shape index (κ1) is 18.8. The van der Waals surface area contributed by atoms with Crippen LogP contribution in [0.25, 0.3) is 0 Å². The molecule has 0 fully saturated rings. The van der Waals surface area contributed by atoms with Gasteiger partial charge in [0.15, 0.2) is 11.5 Å². The molecular weight excluding hydrogens is 368 g/mol. The van der Waals surface area contributed by atoms with E-state index in [1.54, 1.807) is 0 Å². The summed E-state index contributed by atoms with van der Waals surface area (Å²) in [5.74, 6) is 0.191. The molecule has 2 aliphatic heterocycles. The van der Waals surface area contributed by atoms with Crippen molar-refractivity contribution in [2.75, 3.05) is 19.0 Å². The van der Waals surface area contributed by atoms with Crippen molar-refractivity contribution in [3.8, 4) is 0 Å². The molecule has 3 aliphatic rings. The Labute approximate surface area is 178 Å². The topological polar surface area (TPSA) is 23.3 Å². The van der Waals surface area contributed by atoms with Gasteiger partial charge in [-0.25, -0.2) is 0 Å². The lowest BCUT2D eigenvalue weighted by Gasteiger charge is -2.28. The summed E-state index contributed by atoms with van der Waals surface area (Å²) in [7, 11) is 4.21. The van der Waals surface area contributed by atoms with E-state index < -0.39 is 0 Å². The Balaban J connectivity index is 1.54. The van der Waals surface area contributed by atoms with Crippen molar-refractivity contribution in [3.63, 3.8) is 0 Å². The first-order valence-corrected chi connectivity index (χ1v) is 10.6. The number of carbonyl (C=O) groups excluding carboxylic acids is 1. The Morgan fingerprint density at radius 2 is 1.60 bits per heavy atom. The first-order chi connectivity index (χ1) is 14.4. The third kappa shape index (κ3) is 2.51. The standard InChI is InChI=1S/C27H27N2O/c1-16(23-14-19-10-6-8-12-21(19)28(23)4)25-18(3)26(27(25)30)17(2)24-15-20-11-7-9-13-22(20)29(24)5/h6-13H,14-15H2,1-5H3/q+1. The molecule has 1 aliphatic carbocycles. The fraction of sp³-hybridized carbons (Fsp3) is 0.259. The summed E-state index contributed by atoms with van der Waals surface area (Å²) >= 11 is 0. The highest BCUT2D eigenvalue weighted by molar-refractivity contribution is 6.26. The largest absolute Gasteiger partial charge is 0.347 e. The van der Waals surface area contributed by atoms with Crippen molar-refractivity contribution in [2.24, 2.45) is 0 Å². The number of hydrogen-bond donors (Lipinski definition) is 0. The molecule has 3 nitrogen and oxygen atoms in total. The molecule has 150 valence electrons. The van der Waals surface area contributed by atoms with Crippen LogP contribution in [0.5, 0.6) is 0 Å². The summed E-state index contributed by atoms with van der Waals surface area (Å²) in [6.07, 6.45) is 1.77. The van der Waals surface area contributed by atoms with E-state index in [0.717, 1.165) is 40.7 Å². The molecule has 0 aromatic heterocycles. The normalized spacial score (nSPS) is 21.1. The summed E-state index contributed by atoms with van der Waals surface area (Å²) in [6.45, 7) is 6.31. The monoisotopic (exact) mass is 395 g/mol. The molecule has 5 rings (SSSR count). The minimum atomic E-state index is 0.191. The molecule has 2 aromatic carbocycles. The van der Waals surface area contributed by atoms with Gasteiger partial charge in [0.05, 0.1) is 6.42 Å². The van der Waals surface area contributed by atoms with Crippen LogP contribution < -0.4 is 4.90 Å². The highest BCUT2D eigenvalue weighted by atomic mass is 16.1. The lowest BCUT2D eigenvalue weighted by Crippen LogP contribution is -2.28. The van der Waals surface area contributed by atoms with Crippen LogP contribution in [0, 0.1) is 0 Å². The molecule has 3 heteroatoms. The van der Waals surface area contributed by atoms with Gasteiger partial charge in [-0.2, -0.15) is 4.58 Å². The molecule has 2 heterocycles. The number of likely N-dealkylation sites (N-methyl/N-ethyl adjacent to an activating group) is 1. The van der Waals surface area contributed by atoms with E-state index in [9.17, 15) is 4.79 Å². The van der Waals surface area contributed by atoms with Crippen molar-refractivity contribution in [3.05, 3.63) is 93.2 Å². The molecular formula is C27H27N2O+. The number of Topliss-reactive ketones (excluding diaryl/α,β-unsaturated/α-hetero) is 1. The number of rotatable bonds is 2. The minimum Gasteiger partial charge on any atom is -0.347 e. The van der Waals surface area contributed by atoms with Gasteiger partial charge in [-0.1, -0.05) is 36.4 Å². The molecule has 0 saturated carbocycles. The number of hydrogen-bond acceptors (Lipinski definition) is 2. The lowest BCUT2D eigenvalue weighted by atomic mass is 9.75. The second-order valence-electron chi connectivity index (χ2n) is 8.58. The van der Waals surface area contributed by atoms with Crippen molar-refractivity contribution in [1.82, 2.24) is 0 Å². The zero-order chi connectivity index (χ0) is 21.2. The number of benzene rings is 2. The van der Waals surface area contributed by atoms with Crippen LogP contribution in [-0.4, -0.2) is 30.2 Å². The Morgan fingerprint density at radius 1 is 0.933 bits per heavy atom. The van der Waals surface area contributed by atoms with Crippen LogP contribution in [-0.2, 0) is 17.6 Å². The summed E-state index contributed by atoms with van der Waals surface area (Å²) in [5, 5.41) is 0. The van der Waals surface area contributed by atoms with Gasteiger partial charge in [-0.05, 0) is 43.5 Å². The fourth-order valence-electron chi connectivity index (χ4n) is 5.35. The maximum Gasteiger partial charge on any atom is 0.208 e. The third-order valence-corrected chi connectivity index (χ3v) is 7.05. The highest BCUT2D eigenvalue weighted by Gasteiger charge is 2.39. The van der Waals surface area contributed by atoms with Crippen molar-refractivity contribution in [2.45, 2.75) is 33.6 Å². The van der Waals surface area contributed by atoms with Gasteiger partial charge in [0.25, 0.3) is 0 Å². The van der Waals surface area contributed by atoms with Crippen LogP contribution >= 0.6 is 0 Å². The summed E-state index contributed by atoms with van der Waals surface area (Å²) in [5.41, 5.74) is 12.7. The van der Waals surface area contributed by atoms with Crippen LogP contribution in [0.1, 0.15) is 31.9 Å². The highest BCUT2D eigenvalue weighted by Crippen LogP contribution is 2.42. The fourth-order valence-corrected chi connectivity index (χ4v) is 5.35. The van der Waals surface area contributed by atoms with Crippen LogP contribution in [0.4, 0.5) is 11.4 Å². The van der Waals surface area contributed by atoms with E-state index in [-0.39, 0.29) is 5.78 Å². The number of para-hydroxylation sites is 2. The number of fused-ring (bicyclic) bond motifs is 2. The van der Waals surface area contributed by atoms with E-state index in [1.807, 2.05) is 0 Å². The van der Waals surface area contributed by atoms with Crippen LogP contribution in [0.3, 0.4) is 0 Å². The maximum atomic E-state index is 13.3. The van der Waals surface area contributed by atoms with Gasteiger partial charge in [0.2, 0.25) is 5.69 Å². The zero-order valence-corrected chi connectivity index (χ0v) is 18.3. The SMILES string of the molecule is CC1=C(C(C)=C2Cc3ccccc3N2C)C(=O)C1=C(C)C1=[N+](C)c2ccccc2C1. The van der Waals surface area contributed by atoms with E-state index in [4.69, 9.17) is 0 Å². The van der Waals surface area contributed by atoms with Gasteiger partial charge < -0.3 is 4.90 Å². The van der Waals surface area contributed by atoms with Crippen LogP contribution in [0.2, 0.25) is 0 Å². The summed E-state index contributed by atoms with van der Waals surface area (Å²) in [6, 6.07) is 17.0. The Bertz CT molecular complexity index is 1250. The number of nitrogens with zero attached hydrogens (tertiary/aromatic N) is 2. The predicted molar refractivity (Wildman–Crippen MR) is 123 cm³/mol. The first-order valence-electron chi connectivity index (χ1n) is 10.6. The predicted octanol–water partition coefficient (Wildman–Crippen LogP) is 5.14. The number of allylic oxidation sites excluding steroid dienone is 6. The zero-order valence-electron chi connectivity index (χ0n) is 18.3. The molecule has 30 heavy (non-hydrogen) atoms. The summed E-state index contributed by atoms with van der Waals surface area (Å²) in [4.78, 5) is 15.6. The second kappa shape index (κ2) is 6.66. The molecule has 0 N–H and O–H groups in total. The van der Waals surface area contributed by atoms with Gasteiger partial charge in [-0.15, -0.1) is 0 Å². The lowest BCUT2D eigenvalue weighted by molar-refractivity contribution is -0.401. The molecule has 0 radical (unpaired) electrons. The van der Waals surface area contributed by atoms with E-state index in [2.05, 4.69) is 92.9 Å². The van der Waals surface area contributed by atoms with E-state index >= 15 is 0 Å². The van der Waals surface area contributed by atoms with Gasteiger partial charge in [0.1, 0.15) is 7.05 Å². The molecule has 0 amide bonds. The van der Waals surface area contributed by atoms with Gasteiger partial charge in [-0.3, -0.25) is 4.79 Å². The average molecular weight is 396 g/mol. The Kier molecular flexibility index (Phi) is 4.18. The van der Waals surface area contributed by atoms with E-state index in [0.29, 0.717) is 0 Å². The second-order valence-corrected chi connectivity index (χ2v) is 8.58. The quantitative estimate of drug-likeness (QED) is 0.519. The summed E-state index contributed by atoms with van der Waals surface area (Å²) < 4.78 is 2.24. The molecule has 0 spiro atoms. The van der Waals surface area contributed by atoms with Crippen molar-refractivity contribution >= 4 is 22.9 Å². The van der Waals surface area contributed by atoms with E-state index in [1.165, 1.54) is 33.9 Å². The van der Waals surface area contributed by atoms with Crippen LogP contribution in [0.15, 0.2) is 82.1 Å². The number of anilines is 1. The van der Waals surface area contributed by atoms with Gasteiger partial charge in [0, 0.05) is 53.2 Å². The molecule has 0 atom stereocenters. The van der Waals surface area contributed by atoms with Crippen molar-refractivity contribution in [1.29, 1.82) is 0 Å². The van der Waals surface area contributed by atoms with Crippen molar-refractivity contribution < 1.29 is 9.37 Å². The maximum absolute atomic E-state index is 13.3. The Hall–Kier alpha value is -3.20. The smallest absolute Gasteiger partial charge is 0.208 e. The third-order valence-electron chi connectivity index (χ3n) is 7.05. The average Bonchev–Trinajstić information content (AvgIpc) is 3.26. The minimum absolute atomic E-state index is 0.191. The molecule has 2 aromatic rings. The molecule has 0 bridgehead atoms. The Morgan fingerprint density at radius 3 is 2.27 bits per heavy atom. The number of ketones is 1. The molecule has 0 saturated heterocycles. The van der Waals surface area contributed by atoms with Gasteiger partial charge >= 0.3 is 0 Å². The number of carbonyl (C=O) groups is 1.